The van der Waals surface area contributed by atoms with E-state index in [1.165, 1.54) is 15.4 Å². The molecule has 1 aromatic carbocycles. The molecule has 1 saturated heterocycles. The topological polar surface area (TPSA) is 48.5 Å². The number of rotatable bonds is 5. The van der Waals surface area contributed by atoms with Crippen molar-refractivity contribution in [3.63, 3.8) is 0 Å². The smallest absolute Gasteiger partial charge is 0.234 e. The van der Waals surface area contributed by atoms with E-state index in [9.17, 15) is 4.79 Å². The highest BCUT2D eigenvalue weighted by Crippen LogP contribution is 2.30. The molecule has 1 aliphatic rings. The van der Waals surface area contributed by atoms with Crippen LogP contribution in [0.5, 0.6) is 0 Å². The van der Waals surface area contributed by atoms with Gasteiger partial charge in [0.05, 0.1) is 23.7 Å². The molecule has 3 rings (SSSR count). The first-order valence-corrected chi connectivity index (χ1v) is 10.4. The highest BCUT2D eigenvalue weighted by atomic mass is 32.1. The Morgan fingerprint density at radius 2 is 1.74 bits per heavy atom. The van der Waals surface area contributed by atoms with Crippen molar-refractivity contribution in [2.75, 3.05) is 32.7 Å². The highest BCUT2D eigenvalue weighted by molar-refractivity contribution is 7.15. The van der Waals surface area contributed by atoms with Crippen molar-refractivity contribution in [2.24, 2.45) is 0 Å². The lowest BCUT2D eigenvalue weighted by atomic mass is 10.1. The fourth-order valence-corrected chi connectivity index (χ4v) is 4.45. The molecule has 0 atom stereocenters. The number of nitrogens with one attached hydrogen (secondary N) is 1. The van der Waals surface area contributed by atoms with Gasteiger partial charge < -0.3 is 5.32 Å². The Balaban J connectivity index is 1.51. The predicted molar refractivity (Wildman–Crippen MR) is 112 cm³/mol. The van der Waals surface area contributed by atoms with Crippen LogP contribution in [0.4, 0.5) is 0 Å². The Labute approximate surface area is 166 Å². The van der Waals surface area contributed by atoms with Gasteiger partial charge in [-0.25, -0.2) is 4.98 Å². The lowest BCUT2D eigenvalue weighted by molar-refractivity contribution is -0.124. The number of hydrogen-bond donors (Lipinski definition) is 1. The molecular weight excluding hydrogens is 356 g/mol. The van der Waals surface area contributed by atoms with E-state index in [2.05, 4.69) is 46.3 Å². The molecule has 0 spiro atoms. The van der Waals surface area contributed by atoms with Gasteiger partial charge in [0, 0.05) is 31.7 Å². The fraction of sp³-hybridized carbons (Fsp3) is 0.524. The van der Waals surface area contributed by atoms with E-state index in [1.807, 2.05) is 26.8 Å². The van der Waals surface area contributed by atoms with Crippen molar-refractivity contribution < 1.29 is 4.79 Å². The summed E-state index contributed by atoms with van der Waals surface area (Å²) in [5.41, 5.74) is 2.19. The Morgan fingerprint density at radius 1 is 1.11 bits per heavy atom. The number of benzene rings is 1. The zero-order chi connectivity index (χ0) is 19.4. The number of carbonyl (C=O) groups excluding carboxylic acids is 1. The molecule has 0 bridgehead atoms. The van der Waals surface area contributed by atoms with Crippen LogP contribution in [0, 0.1) is 6.92 Å². The highest BCUT2D eigenvalue weighted by Gasteiger charge is 2.22. The zero-order valence-corrected chi connectivity index (χ0v) is 17.6. The third-order valence-electron chi connectivity index (χ3n) is 4.58. The molecule has 1 aromatic heterocycles. The minimum absolute atomic E-state index is 0.110. The van der Waals surface area contributed by atoms with Gasteiger partial charge in [-0.2, -0.15) is 0 Å². The van der Waals surface area contributed by atoms with Crippen molar-refractivity contribution in [3.8, 4) is 10.4 Å². The second kappa shape index (κ2) is 8.50. The van der Waals surface area contributed by atoms with E-state index in [0.717, 1.165) is 38.4 Å². The molecule has 5 nitrogen and oxygen atoms in total. The van der Waals surface area contributed by atoms with Crippen LogP contribution in [0.2, 0.25) is 0 Å². The number of carbonyl (C=O) groups is 1. The molecule has 1 N–H and O–H groups in total. The molecule has 1 aliphatic heterocycles. The number of amides is 1. The van der Waals surface area contributed by atoms with E-state index in [1.54, 1.807) is 11.3 Å². The predicted octanol–water partition coefficient (Wildman–Crippen LogP) is 3.15. The lowest BCUT2D eigenvalue weighted by Gasteiger charge is -2.34. The molecule has 1 fully saturated rings. The van der Waals surface area contributed by atoms with Crippen LogP contribution >= 0.6 is 11.3 Å². The first kappa shape index (κ1) is 20.0. The monoisotopic (exact) mass is 386 g/mol. The van der Waals surface area contributed by atoms with Gasteiger partial charge in [-0.15, -0.1) is 11.3 Å². The Bertz CT molecular complexity index is 758. The maximum Gasteiger partial charge on any atom is 0.234 e. The van der Waals surface area contributed by atoms with Crippen molar-refractivity contribution in [1.29, 1.82) is 0 Å². The first-order chi connectivity index (χ1) is 12.8. The van der Waals surface area contributed by atoms with Crippen LogP contribution in [0.15, 0.2) is 30.3 Å². The molecule has 2 aromatic rings. The molecule has 0 aliphatic carbocycles. The molecule has 2 heterocycles. The first-order valence-electron chi connectivity index (χ1n) is 9.57. The van der Waals surface area contributed by atoms with Gasteiger partial charge in [0.15, 0.2) is 0 Å². The summed E-state index contributed by atoms with van der Waals surface area (Å²) < 4.78 is 0. The lowest BCUT2D eigenvalue weighted by Crippen LogP contribution is -2.51. The molecule has 146 valence electrons. The van der Waals surface area contributed by atoms with Crippen molar-refractivity contribution in [1.82, 2.24) is 20.1 Å². The molecule has 6 heteroatoms. The second-order valence-electron chi connectivity index (χ2n) is 8.24. The van der Waals surface area contributed by atoms with Crippen LogP contribution in [-0.4, -0.2) is 59.0 Å². The number of nitrogens with zero attached hydrogens (tertiary/aromatic N) is 3. The molecule has 0 saturated carbocycles. The van der Waals surface area contributed by atoms with Crippen molar-refractivity contribution in [2.45, 2.75) is 39.8 Å². The van der Waals surface area contributed by atoms with Gasteiger partial charge in [0.2, 0.25) is 5.91 Å². The summed E-state index contributed by atoms with van der Waals surface area (Å²) >= 11 is 1.79. The molecule has 27 heavy (non-hydrogen) atoms. The fourth-order valence-electron chi connectivity index (χ4n) is 3.33. The van der Waals surface area contributed by atoms with Gasteiger partial charge >= 0.3 is 0 Å². The standard InChI is InChI=1S/C21H30N4OS/c1-16-20(17-8-6-5-7-9-17)27-19(22-16)15-25-12-10-24(11-13-25)14-18(26)23-21(2,3)4/h5-9H,10-15H2,1-4H3,(H,23,26). The van der Waals surface area contributed by atoms with E-state index in [4.69, 9.17) is 4.98 Å². The average Bonchev–Trinajstić information content (AvgIpc) is 2.96. The third kappa shape index (κ3) is 5.86. The maximum absolute atomic E-state index is 12.1. The molecule has 1 amide bonds. The minimum Gasteiger partial charge on any atom is -0.350 e. The summed E-state index contributed by atoms with van der Waals surface area (Å²) in [6, 6.07) is 10.5. The van der Waals surface area contributed by atoms with Crippen LogP contribution < -0.4 is 5.32 Å². The average molecular weight is 387 g/mol. The van der Waals surface area contributed by atoms with Gasteiger partial charge in [-0.3, -0.25) is 14.6 Å². The molecular formula is C21H30N4OS. The Kier molecular flexibility index (Phi) is 6.29. The Morgan fingerprint density at radius 3 is 2.37 bits per heavy atom. The normalized spacial score (nSPS) is 16.4. The minimum atomic E-state index is -0.169. The van der Waals surface area contributed by atoms with E-state index in [-0.39, 0.29) is 11.4 Å². The SMILES string of the molecule is Cc1nc(CN2CCN(CC(=O)NC(C)(C)C)CC2)sc1-c1ccccc1. The number of piperazine rings is 1. The summed E-state index contributed by atoms with van der Waals surface area (Å²) in [7, 11) is 0. The van der Waals surface area contributed by atoms with Gasteiger partial charge in [0.25, 0.3) is 0 Å². The summed E-state index contributed by atoms with van der Waals surface area (Å²) in [6.45, 7) is 13.3. The van der Waals surface area contributed by atoms with E-state index in [0.29, 0.717) is 6.54 Å². The van der Waals surface area contributed by atoms with Gasteiger partial charge in [-0.05, 0) is 33.3 Å². The second-order valence-corrected chi connectivity index (χ2v) is 9.32. The summed E-state index contributed by atoms with van der Waals surface area (Å²) in [5.74, 6) is 0.110. The summed E-state index contributed by atoms with van der Waals surface area (Å²) in [5, 5.41) is 4.21. The summed E-state index contributed by atoms with van der Waals surface area (Å²) in [6.07, 6.45) is 0. The Hall–Kier alpha value is -1.76. The van der Waals surface area contributed by atoms with E-state index < -0.39 is 0 Å². The van der Waals surface area contributed by atoms with Crippen molar-refractivity contribution in [3.05, 3.63) is 41.0 Å². The number of aryl methyl sites for hydroxylation is 1. The van der Waals surface area contributed by atoms with E-state index >= 15 is 0 Å². The molecule has 0 radical (unpaired) electrons. The maximum atomic E-state index is 12.1. The third-order valence-corrected chi connectivity index (χ3v) is 5.77. The summed E-state index contributed by atoms with van der Waals surface area (Å²) in [4.78, 5) is 22.8. The molecule has 0 unspecified atom stereocenters. The van der Waals surface area contributed by atoms with Crippen LogP contribution in [-0.2, 0) is 11.3 Å². The number of aromatic nitrogens is 1. The van der Waals surface area contributed by atoms with Crippen LogP contribution in [0.3, 0.4) is 0 Å². The van der Waals surface area contributed by atoms with Crippen LogP contribution in [0.25, 0.3) is 10.4 Å². The van der Waals surface area contributed by atoms with Crippen LogP contribution in [0.1, 0.15) is 31.5 Å². The number of hydrogen-bond acceptors (Lipinski definition) is 5. The zero-order valence-electron chi connectivity index (χ0n) is 16.8. The van der Waals surface area contributed by atoms with Gasteiger partial charge in [0.1, 0.15) is 5.01 Å². The van der Waals surface area contributed by atoms with Crippen molar-refractivity contribution >= 4 is 17.2 Å². The quantitative estimate of drug-likeness (QED) is 0.858. The largest absolute Gasteiger partial charge is 0.350 e. The number of thiazole rings is 1. The van der Waals surface area contributed by atoms with Gasteiger partial charge in [-0.1, -0.05) is 30.3 Å².